The molecule has 2 aromatic rings. The number of rotatable bonds is 4. The molecule has 0 fully saturated rings. The molecule has 4 nitrogen and oxygen atoms in total. The van der Waals surface area contributed by atoms with Gasteiger partial charge < -0.3 is 10.1 Å². The van der Waals surface area contributed by atoms with Crippen LogP contribution in [0.15, 0.2) is 53.0 Å². The fraction of sp³-hybridized carbons (Fsp3) is 0.0667. The van der Waals surface area contributed by atoms with Crippen molar-refractivity contribution < 1.29 is 9.53 Å². The first-order valence-electron chi connectivity index (χ1n) is 5.86. The second kappa shape index (κ2) is 6.73. The summed E-state index contributed by atoms with van der Waals surface area (Å²) in [5.74, 6) is 0.126. The van der Waals surface area contributed by atoms with Crippen molar-refractivity contribution in [2.75, 3.05) is 11.9 Å². The Balaban J connectivity index is 1.92. The van der Waals surface area contributed by atoms with Gasteiger partial charge in [-0.1, -0.05) is 28.1 Å². The highest BCUT2D eigenvalue weighted by Crippen LogP contribution is 2.17. The molecule has 0 aliphatic rings. The zero-order chi connectivity index (χ0) is 14.4. The minimum absolute atomic E-state index is 0.144. The number of benzene rings is 2. The Morgan fingerprint density at radius 1 is 1.20 bits per heavy atom. The van der Waals surface area contributed by atoms with E-state index >= 15 is 0 Å². The third kappa shape index (κ3) is 3.84. The molecule has 0 atom stereocenters. The molecule has 1 amide bonds. The minimum Gasteiger partial charge on any atom is -0.482 e. The Kier molecular flexibility index (Phi) is 4.75. The van der Waals surface area contributed by atoms with Crippen molar-refractivity contribution in [3.63, 3.8) is 0 Å². The van der Waals surface area contributed by atoms with Crippen LogP contribution in [0.2, 0.25) is 0 Å². The molecule has 0 aliphatic carbocycles. The monoisotopic (exact) mass is 330 g/mol. The maximum absolute atomic E-state index is 11.7. The van der Waals surface area contributed by atoms with E-state index in [2.05, 4.69) is 21.2 Å². The second-order valence-electron chi connectivity index (χ2n) is 3.95. The van der Waals surface area contributed by atoms with Crippen molar-refractivity contribution in [1.82, 2.24) is 0 Å². The van der Waals surface area contributed by atoms with Crippen LogP contribution in [0, 0.1) is 11.3 Å². The van der Waals surface area contributed by atoms with Crippen molar-refractivity contribution in [3.05, 3.63) is 58.6 Å². The number of halogens is 1. The van der Waals surface area contributed by atoms with Gasteiger partial charge in [-0.2, -0.15) is 5.26 Å². The maximum Gasteiger partial charge on any atom is 0.262 e. The molecule has 1 N–H and O–H groups in total. The van der Waals surface area contributed by atoms with Crippen LogP contribution >= 0.6 is 15.9 Å². The van der Waals surface area contributed by atoms with E-state index in [1.54, 1.807) is 36.4 Å². The van der Waals surface area contributed by atoms with Crippen LogP contribution in [-0.2, 0) is 4.79 Å². The average Bonchev–Trinajstić information content (AvgIpc) is 2.48. The summed E-state index contributed by atoms with van der Waals surface area (Å²) in [6, 6.07) is 16.0. The second-order valence-corrected chi connectivity index (χ2v) is 4.87. The number of anilines is 1. The smallest absolute Gasteiger partial charge is 0.262 e. The summed E-state index contributed by atoms with van der Waals surface area (Å²) in [7, 11) is 0. The lowest BCUT2D eigenvalue weighted by atomic mass is 10.2. The van der Waals surface area contributed by atoms with E-state index in [0.29, 0.717) is 17.0 Å². The van der Waals surface area contributed by atoms with E-state index < -0.39 is 0 Å². The van der Waals surface area contributed by atoms with E-state index in [4.69, 9.17) is 10.00 Å². The molecule has 0 radical (unpaired) electrons. The Bertz CT molecular complexity index is 648. The molecular formula is C15H11BrN2O2. The topological polar surface area (TPSA) is 62.1 Å². The number of para-hydroxylation sites is 1. The first-order chi connectivity index (χ1) is 9.69. The summed E-state index contributed by atoms with van der Waals surface area (Å²) >= 11 is 3.32. The highest BCUT2D eigenvalue weighted by Gasteiger charge is 2.06. The van der Waals surface area contributed by atoms with Gasteiger partial charge in [0.25, 0.3) is 5.91 Å². The molecule has 0 unspecified atom stereocenters. The standard InChI is InChI=1S/C15H11BrN2O2/c16-12-5-7-13(8-6-12)18-15(19)10-20-14-4-2-1-3-11(14)9-17/h1-8H,10H2,(H,18,19). The number of ether oxygens (including phenoxy) is 1. The average molecular weight is 331 g/mol. The van der Waals surface area contributed by atoms with Gasteiger partial charge in [0, 0.05) is 10.2 Å². The molecule has 0 aromatic heterocycles. The van der Waals surface area contributed by atoms with Gasteiger partial charge >= 0.3 is 0 Å². The molecule has 0 bridgehead atoms. The van der Waals surface area contributed by atoms with E-state index in [1.807, 2.05) is 18.2 Å². The Morgan fingerprint density at radius 3 is 2.60 bits per heavy atom. The van der Waals surface area contributed by atoms with Gasteiger partial charge in [-0.25, -0.2) is 0 Å². The molecule has 0 saturated heterocycles. The van der Waals surface area contributed by atoms with Crippen LogP contribution in [0.5, 0.6) is 5.75 Å². The Labute approximate surface area is 125 Å². The predicted molar refractivity (Wildman–Crippen MR) is 79.4 cm³/mol. The molecule has 0 aliphatic heterocycles. The summed E-state index contributed by atoms with van der Waals surface area (Å²) in [4.78, 5) is 11.7. The van der Waals surface area contributed by atoms with Gasteiger partial charge in [-0.05, 0) is 36.4 Å². The number of hydrogen-bond acceptors (Lipinski definition) is 3. The van der Waals surface area contributed by atoms with E-state index in [9.17, 15) is 4.79 Å². The van der Waals surface area contributed by atoms with Gasteiger partial charge in [0.1, 0.15) is 11.8 Å². The number of nitrogens with zero attached hydrogens (tertiary/aromatic N) is 1. The van der Waals surface area contributed by atoms with E-state index in [-0.39, 0.29) is 12.5 Å². The summed E-state index contributed by atoms with van der Waals surface area (Å²) in [5.41, 5.74) is 1.10. The van der Waals surface area contributed by atoms with Crippen molar-refractivity contribution in [3.8, 4) is 11.8 Å². The number of carbonyl (C=O) groups excluding carboxylic acids is 1. The van der Waals surface area contributed by atoms with Crippen molar-refractivity contribution in [1.29, 1.82) is 5.26 Å². The highest BCUT2D eigenvalue weighted by molar-refractivity contribution is 9.10. The molecule has 2 rings (SSSR count). The van der Waals surface area contributed by atoms with Crippen LogP contribution in [0.4, 0.5) is 5.69 Å². The lowest BCUT2D eigenvalue weighted by Gasteiger charge is -2.08. The maximum atomic E-state index is 11.7. The van der Waals surface area contributed by atoms with Crippen molar-refractivity contribution >= 4 is 27.5 Å². The fourth-order valence-electron chi connectivity index (χ4n) is 1.56. The zero-order valence-corrected chi connectivity index (χ0v) is 12.1. The zero-order valence-electron chi connectivity index (χ0n) is 10.5. The van der Waals surface area contributed by atoms with Crippen LogP contribution < -0.4 is 10.1 Å². The van der Waals surface area contributed by atoms with Crippen LogP contribution in [0.25, 0.3) is 0 Å². The Morgan fingerprint density at radius 2 is 1.90 bits per heavy atom. The number of amides is 1. The van der Waals surface area contributed by atoms with Gasteiger partial charge in [-0.15, -0.1) is 0 Å². The van der Waals surface area contributed by atoms with Crippen LogP contribution in [0.1, 0.15) is 5.56 Å². The summed E-state index contributed by atoms with van der Waals surface area (Å²) in [5, 5.41) is 11.6. The highest BCUT2D eigenvalue weighted by atomic mass is 79.9. The first kappa shape index (κ1) is 14.1. The minimum atomic E-state index is -0.278. The normalized spacial score (nSPS) is 9.60. The fourth-order valence-corrected chi connectivity index (χ4v) is 1.82. The predicted octanol–water partition coefficient (Wildman–Crippen LogP) is 3.34. The molecule has 0 saturated carbocycles. The first-order valence-corrected chi connectivity index (χ1v) is 6.65. The number of carbonyl (C=O) groups is 1. The number of nitrogens with one attached hydrogen (secondary N) is 1. The molecule has 100 valence electrons. The lowest BCUT2D eigenvalue weighted by molar-refractivity contribution is -0.118. The quantitative estimate of drug-likeness (QED) is 0.935. The summed E-state index contributed by atoms with van der Waals surface area (Å²) in [6.07, 6.45) is 0. The number of hydrogen-bond donors (Lipinski definition) is 1. The van der Waals surface area contributed by atoms with Crippen LogP contribution in [0.3, 0.4) is 0 Å². The largest absolute Gasteiger partial charge is 0.482 e. The lowest BCUT2D eigenvalue weighted by Crippen LogP contribution is -2.20. The summed E-state index contributed by atoms with van der Waals surface area (Å²) < 4.78 is 6.28. The van der Waals surface area contributed by atoms with E-state index in [0.717, 1.165) is 4.47 Å². The third-order valence-corrected chi connectivity index (χ3v) is 3.02. The SMILES string of the molecule is N#Cc1ccccc1OCC(=O)Nc1ccc(Br)cc1. The van der Waals surface area contributed by atoms with Gasteiger partial charge in [0.15, 0.2) is 6.61 Å². The molecular weight excluding hydrogens is 320 g/mol. The molecule has 2 aromatic carbocycles. The van der Waals surface area contributed by atoms with Crippen molar-refractivity contribution in [2.24, 2.45) is 0 Å². The van der Waals surface area contributed by atoms with Gasteiger partial charge in [-0.3, -0.25) is 4.79 Å². The molecule has 20 heavy (non-hydrogen) atoms. The van der Waals surface area contributed by atoms with Gasteiger partial charge in [0.2, 0.25) is 0 Å². The Hall–Kier alpha value is -2.32. The molecule has 5 heteroatoms. The summed E-state index contributed by atoms with van der Waals surface area (Å²) in [6.45, 7) is -0.144. The van der Waals surface area contributed by atoms with Crippen molar-refractivity contribution in [2.45, 2.75) is 0 Å². The van der Waals surface area contributed by atoms with Crippen LogP contribution in [-0.4, -0.2) is 12.5 Å². The number of nitriles is 1. The van der Waals surface area contributed by atoms with E-state index in [1.165, 1.54) is 0 Å². The van der Waals surface area contributed by atoms with Gasteiger partial charge in [0.05, 0.1) is 5.56 Å². The third-order valence-electron chi connectivity index (χ3n) is 2.49. The molecule has 0 spiro atoms. The molecule has 0 heterocycles.